The summed E-state index contributed by atoms with van der Waals surface area (Å²) in [7, 11) is -3.41. The molecule has 0 amide bonds. The van der Waals surface area contributed by atoms with Crippen LogP contribution in [0.1, 0.15) is 32.6 Å². The van der Waals surface area contributed by atoms with Crippen LogP contribution in [0.5, 0.6) is 0 Å². The first-order valence-corrected chi connectivity index (χ1v) is 7.25. The van der Waals surface area contributed by atoms with E-state index in [1.54, 1.807) is 0 Å². The summed E-state index contributed by atoms with van der Waals surface area (Å²) >= 11 is 0. The van der Waals surface area contributed by atoms with Gasteiger partial charge in [0.1, 0.15) is 0 Å². The number of aliphatic hydroxyl groups excluding tert-OH is 1. The van der Waals surface area contributed by atoms with E-state index in [1.165, 1.54) is 0 Å². The average Bonchev–Trinajstić information content (AvgIpc) is 2.58. The number of hydrogen-bond acceptors (Lipinski definition) is 3. The minimum Gasteiger partial charge on any atom is -0.396 e. The van der Waals surface area contributed by atoms with Gasteiger partial charge < -0.3 is 5.11 Å². The van der Waals surface area contributed by atoms with Crippen molar-refractivity contribution >= 4 is 10.0 Å². The Labute approximate surface area is 96.3 Å². The number of halogens is 1. The first-order chi connectivity index (χ1) is 7.43. The molecular formula is C10H20FNO3S. The summed E-state index contributed by atoms with van der Waals surface area (Å²) in [5.74, 6) is -0.179. The van der Waals surface area contributed by atoms with Gasteiger partial charge in [-0.1, -0.05) is 13.3 Å². The molecule has 0 spiro atoms. The predicted molar refractivity (Wildman–Crippen MR) is 60.3 cm³/mol. The highest BCUT2D eigenvalue weighted by molar-refractivity contribution is 7.89. The monoisotopic (exact) mass is 253 g/mol. The number of hydrogen-bond donors (Lipinski definition) is 2. The fourth-order valence-corrected chi connectivity index (χ4v) is 3.59. The van der Waals surface area contributed by atoms with E-state index in [4.69, 9.17) is 0 Å². The van der Waals surface area contributed by atoms with E-state index in [-0.39, 0.29) is 30.2 Å². The molecule has 6 heteroatoms. The van der Waals surface area contributed by atoms with Gasteiger partial charge in [0.05, 0.1) is 12.4 Å². The van der Waals surface area contributed by atoms with Gasteiger partial charge in [0, 0.05) is 18.1 Å². The molecule has 1 saturated carbocycles. The third-order valence-corrected chi connectivity index (χ3v) is 4.78. The van der Waals surface area contributed by atoms with Crippen LogP contribution in [0, 0.1) is 5.41 Å². The van der Waals surface area contributed by atoms with Gasteiger partial charge in [0.15, 0.2) is 0 Å². The third-order valence-electron chi connectivity index (χ3n) is 3.31. The third kappa shape index (κ3) is 3.40. The maximum absolute atomic E-state index is 11.9. The van der Waals surface area contributed by atoms with Crippen LogP contribution in [-0.2, 0) is 10.0 Å². The molecule has 4 nitrogen and oxygen atoms in total. The van der Waals surface area contributed by atoms with Crippen LogP contribution in [0.15, 0.2) is 0 Å². The molecule has 1 rings (SSSR count). The van der Waals surface area contributed by atoms with Gasteiger partial charge in [-0.25, -0.2) is 13.1 Å². The van der Waals surface area contributed by atoms with Crippen molar-refractivity contribution in [3.63, 3.8) is 0 Å². The summed E-state index contributed by atoms with van der Waals surface area (Å²) in [6.45, 7) is 1.23. The number of nitrogens with one attached hydrogen (secondary N) is 1. The zero-order valence-electron chi connectivity index (χ0n) is 9.58. The Morgan fingerprint density at radius 1 is 1.56 bits per heavy atom. The number of rotatable bonds is 6. The van der Waals surface area contributed by atoms with E-state index < -0.39 is 16.7 Å². The lowest BCUT2D eigenvalue weighted by atomic mass is 9.86. The Hall–Kier alpha value is -0.200. The van der Waals surface area contributed by atoms with Crippen LogP contribution in [0.4, 0.5) is 4.39 Å². The van der Waals surface area contributed by atoms with E-state index in [9.17, 15) is 17.9 Å². The molecule has 0 saturated heterocycles. The smallest absolute Gasteiger partial charge is 0.211 e. The molecule has 0 aromatic rings. The molecule has 0 radical (unpaired) electrons. The Kier molecular flexibility index (Phi) is 4.70. The van der Waals surface area contributed by atoms with Crippen LogP contribution >= 0.6 is 0 Å². The van der Waals surface area contributed by atoms with Gasteiger partial charge in [0.2, 0.25) is 10.0 Å². The van der Waals surface area contributed by atoms with Crippen LogP contribution in [0.2, 0.25) is 0 Å². The minimum atomic E-state index is -3.41. The lowest BCUT2D eigenvalue weighted by Crippen LogP contribution is -2.45. The molecule has 2 atom stereocenters. The molecule has 0 aromatic carbocycles. The van der Waals surface area contributed by atoms with E-state index in [1.807, 2.05) is 6.92 Å². The quantitative estimate of drug-likeness (QED) is 0.736. The highest BCUT2D eigenvalue weighted by Gasteiger charge is 2.40. The summed E-state index contributed by atoms with van der Waals surface area (Å²) in [6, 6.07) is -0.220. The number of sulfonamides is 1. The van der Waals surface area contributed by atoms with Crippen molar-refractivity contribution in [2.45, 2.75) is 38.6 Å². The van der Waals surface area contributed by atoms with Crippen molar-refractivity contribution in [1.29, 1.82) is 0 Å². The lowest BCUT2D eigenvalue weighted by Gasteiger charge is -2.29. The molecule has 2 N–H and O–H groups in total. The molecule has 1 aliphatic rings. The molecule has 1 aliphatic carbocycles. The molecule has 0 aliphatic heterocycles. The minimum absolute atomic E-state index is 0.0245. The van der Waals surface area contributed by atoms with Crippen LogP contribution in [0.25, 0.3) is 0 Å². The van der Waals surface area contributed by atoms with Gasteiger partial charge in [0.25, 0.3) is 0 Å². The van der Waals surface area contributed by atoms with Gasteiger partial charge in [-0.15, -0.1) is 0 Å². The van der Waals surface area contributed by atoms with Gasteiger partial charge in [-0.3, -0.25) is 4.39 Å². The maximum Gasteiger partial charge on any atom is 0.211 e. The first-order valence-electron chi connectivity index (χ1n) is 5.60. The fraction of sp³-hybridized carbons (Fsp3) is 1.00. The van der Waals surface area contributed by atoms with Crippen molar-refractivity contribution in [2.24, 2.45) is 5.41 Å². The van der Waals surface area contributed by atoms with Crippen LogP contribution < -0.4 is 4.72 Å². The zero-order valence-corrected chi connectivity index (χ0v) is 10.4. The largest absolute Gasteiger partial charge is 0.396 e. The van der Waals surface area contributed by atoms with E-state index >= 15 is 0 Å². The molecule has 0 bridgehead atoms. The van der Waals surface area contributed by atoms with Crippen LogP contribution in [0.3, 0.4) is 0 Å². The molecule has 0 heterocycles. The highest BCUT2D eigenvalue weighted by atomic mass is 32.2. The SMILES string of the molecule is CC1(CO)CCCC1NS(=O)(=O)CCCF. The van der Waals surface area contributed by atoms with Crippen LogP contribution in [-0.4, -0.2) is 38.6 Å². The second kappa shape index (κ2) is 5.42. The van der Waals surface area contributed by atoms with E-state index in [0.29, 0.717) is 0 Å². The summed E-state index contributed by atoms with van der Waals surface area (Å²) in [5.41, 5.74) is -0.372. The molecule has 16 heavy (non-hydrogen) atoms. The second-order valence-electron chi connectivity index (χ2n) is 4.74. The lowest BCUT2D eigenvalue weighted by molar-refractivity contribution is 0.127. The number of aliphatic hydroxyl groups is 1. The Morgan fingerprint density at radius 3 is 2.81 bits per heavy atom. The fourth-order valence-electron chi connectivity index (χ4n) is 2.14. The first kappa shape index (κ1) is 13.9. The topological polar surface area (TPSA) is 66.4 Å². The molecule has 0 aromatic heterocycles. The standard InChI is InChI=1S/C10H20FNO3S/c1-10(8-13)5-2-4-9(10)12-16(14,15)7-3-6-11/h9,12-13H,2-8H2,1H3. The van der Waals surface area contributed by atoms with Crippen molar-refractivity contribution in [3.8, 4) is 0 Å². The molecule has 96 valence electrons. The number of alkyl halides is 1. The van der Waals surface area contributed by atoms with Crippen molar-refractivity contribution in [3.05, 3.63) is 0 Å². The predicted octanol–water partition coefficient (Wildman–Crippen LogP) is 0.817. The van der Waals surface area contributed by atoms with Gasteiger partial charge in [-0.2, -0.15) is 0 Å². The van der Waals surface area contributed by atoms with Crippen molar-refractivity contribution in [1.82, 2.24) is 4.72 Å². The maximum atomic E-state index is 11.9. The molecule has 2 unspecified atom stereocenters. The Balaban J connectivity index is 2.59. The summed E-state index contributed by atoms with van der Waals surface area (Å²) in [5, 5.41) is 9.27. The van der Waals surface area contributed by atoms with Crippen molar-refractivity contribution < 1.29 is 17.9 Å². The molecule has 1 fully saturated rings. The summed E-state index contributed by atoms with van der Waals surface area (Å²) in [6.07, 6.45) is 2.50. The van der Waals surface area contributed by atoms with Gasteiger partial charge >= 0.3 is 0 Å². The summed E-state index contributed by atoms with van der Waals surface area (Å²) in [4.78, 5) is 0. The van der Waals surface area contributed by atoms with Crippen molar-refractivity contribution in [2.75, 3.05) is 19.0 Å². The second-order valence-corrected chi connectivity index (χ2v) is 6.61. The molecular weight excluding hydrogens is 233 g/mol. The Morgan fingerprint density at radius 2 is 2.25 bits per heavy atom. The summed E-state index contributed by atoms with van der Waals surface area (Å²) < 4.78 is 37.7. The van der Waals surface area contributed by atoms with E-state index in [2.05, 4.69) is 4.72 Å². The Bertz CT molecular complexity index is 320. The zero-order chi connectivity index (χ0) is 12.2. The van der Waals surface area contributed by atoms with E-state index in [0.717, 1.165) is 19.3 Å². The van der Waals surface area contributed by atoms with Gasteiger partial charge in [-0.05, 0) is 19.3 Å². The average molecular weight is 253 g/mol. The normalized spacial score (nSPS) is 30.8. The highest BCUT2D eigenvalue weighted by Crippen LogP contribution is 2.37.